The van der Waals surface area contributed by atoms with Gasteiger partial charge in [0.1, 0.15) is 12.1 Å². The zero-order chi connectivity index (χ0) is 18.4. The summed E-state index contributed by atoms with van der Waals surface area (Å²) in [5.41, 5.74) is 2.00. The number of hydrogen-bond donors (Lipinski definition) is 2. The summed E-state index contributed by atoms with van der Waals surface area (Å²) < 4.78 is 1.74. The lowest BCUT2D eigenvalue weighted by Gasteiger charge is -2.18. The van der Waals surface area contributed by atoms with Gasteiger partial charge in [0, 0.05) is 34.2 Å². The number of nitrogens with one attached hydrogen (secondary N) is 2. The van der Waals surface area contributed by atoms with Crippen molar-refractivity contribution in [3.8, 4) is 0 Å². The van der Waals surface area contributed by atoms with Crippen LogP contribution in [0, 0.1) is 0 Å². The summed E-state index contributed by atoms with van der Waals surface area (Å²) in [6.07, 6.45) is 3.32. The molecule has 0 aliphatic rings. The van der Waals surface area contributed by atoms with E-state index in [1.807, 2.05) is 44.2 Å². The number of hydrogen-bond acceptors (Lipinski definition) is 5. The Morgan fingerprint density at radius 2 is 1.96 bits per heavy atom. The molecule has 0 aliphatic heterocycles. The van der Waals surface area contributed by atoms with E-state index in [0.29, 0.717) is 13.1 Å². The summed E-state index contributed by atoms with van der Waals surface area (Å²) >= 11 is 0. The molecule has 8 nitrogen and oxygen atoms in total. The summed E-state index contributed by atoms with van der Waals surface area (Å²) in [6, 6.07) is 10.2. The smallest absolute Gasteiger partial charge is 0.193 e. The molecule has 0 aliphatic carbocycles. The Balaban J connectivity index is 1.55. The SMILES string of the molecule is CN(C)C(=NCc1ccccc1)NCCNc1ncnc2c1cnn2C. The van der Waals surface area contributed by atoms with Crippen LogP contribution in [0.5, 0.6) is 0 Å². The van der Waals surface area contributed by atoms with Crippen LogP contribution >= 0.6 is 0 Å². The molecule has 8 heteroatoms. The summed E-state index contributed by atoms with van der Waals surface area (Å²) in [7, 11) is 5.83. The standard InChI is InChI=1S/C18H24N8/c1-25(2)18(21-11-14-7-5-4-6-8-14)20-10-9-19-16-15-12-24-26(3)17(15)23-13-22-16/h4-8,12-13H,9-11H2,1-3H3,(H,20,21)(H,19,22,23). The molecule has 3 aromatic rings. The summed E-state index contributed by atoms with van der Waals surface area (Å²) in [5.74, 6) is 1.64. The van der Waals surface area contributed by atoms with Gasteiger partial charge in [0.2, 0.25) is 0 Å². The lowest BCUT2D eigenvalue weighted by atomic mass is 10.2. The number of aliphatic imine (C=N–C) groups is 1. The van der Waals surface area contributed by atoms with Crippen molar-refractivity contribution in [2.45, 2.75) is 6.54 Å². The van der Waals surface area contributed by atoms with E-state index in [2.05, 4.69) is 42.8 Å². The number of guanidine groups is 1. The summed E-state index contributed by atoms with van der Waals surface area (Å²) in [6.45, 7) is 2.08. The zero-order valence-corrected chi connectivity index (χ0v) is 15.3. The second-order valence-corrected chi connectivity index (χ2v) is 6.10. The number of rotatable bonds is 6. The number of nitrogens with zero attached hydrogens (tertiary/aromatic N) is 6. The first-order chi connectivity index (χ1) is 12.6. The van der Waals surface area contributed by atoms with Crippen molar-refractivity contribution >= 4 is 22.8 Å². The van der Waals surface area contributed by atoms with Crippen LogP contribution in [0.4, 0.5) is 5.82 Å². The number of aryl methyl sites for hydroxylation is 1. The van der Waals surface area contributed by atoms with Crippen LogP contribution in [0.1, 0.15) is 5.56 Å². The lowest BCUT2D eigenvalue weighted by Crippen LogP contribution is -2.38. The Bertz CT molecular complexity index is 869. The first kappa shape index (κ1) is 17.7. The third kappa shape index (κ3) is 4.27. The van der Waals surface area contributed by atoms with Crippen molar-refractivity contribution in [2.24, 2.45) is 12.0 Å². The minimum Gasteiger partial charge on any atom is -0.368 e. The molecule has 136 valence electrons. The van der Waals surface area contributed by atoms with E-state index in [-0.39, 0.29) is 0 Å². The van der Waals surface area contributed by atoms with Gasteiger partial charge in [-0.2, -0.15) is 5.10 Å². The van der Waals surface area contributed by atoms with Gasteiger partial charge >= 0.3 is 0 Å². The molecule has 0 atom stereocenters. The quantitative estimate of drug-likeness (QED) is 0.397. The minimum atomic E-state index is 0.650. The van der Waals surface area contributed by atoms with Crippen LogP contribution in [0.15, 0.2) is 47.8 Å². The van der Waals surface area contributed by atoms with E-state index in [9.17, 15) is 0 Å². The van der Waals surface area contributed by atoms with E-state index in [1.54, 1.807) is 17.2 Å². The van der Waals surface area contributed by atoms with Crippen molar-refractivity contribution in [3.63, 3.8) is 0 Å². The van der Waals surface area contributed by atoms with Crippen molar-refractivity contribution in [2.75, 3.05) is 32.5 Å². The average Bonchev–Trinajstić information content (AvgIpc) is 3.03. The highest BCUT2D eigenvalue weighted by molar-refractivity contribution is 5.86. The fourth-order valence-corrected chi connectivity index (χ4v) is 2.56. The fourth-order valence-electron chi connectivity index (χ4n) is 2.56. The van der Waals surface area contributed by atoms with Gasteiger partial charge in [0.15, 0.2) is 11.6 Å². The maximum Gasteiger partial charge on any atom is 0.193 e. The van der Waals surface area contributed by atoms with Gasteiger partial charge in [-0.3, -0.25) is 4.68 Å². The molecule has 0 unspecified atom stereocenters. The predicted molar refractivity (Wildman–Crippen MR) is 104 cm³/mol. The van der Waals surface area contributed by atoms with E-state index in [1.165, 1.54) is 5.56 Å². The topological polar surface area (TPSA) is 83.3 Å². The Hall–Kier alpha value is -3.16. The van der Waals surface area contributed by atoms with Crippen LogP contribution in [0.3, 0.4) is 0 Å². The van der Waals surface area contributed by atoms with Crippen molar-refractivity contribution in [1.29, 1.82) is 0 Å². The van der Waals surface area contributed by atoms with Crippen molar-refractivity contribution in [1.82, 2.24) is 30.0 Å². The molecule has 1 aromatic carbocycles. The number of benzene rings is 1. The molecule has 0 radical (unpaired) electrons. The second-order valence-electron chi connectivity index (χ2n) is 6.10. The zero-order valence-electron chi connectivity index (χ0n) is 15.3. The number of anilines is 1. The fraction of sp³-hybridized carbons (Fsp3) is 0.333. The molecule has 0 spiro atoms. The Kier molecular flexibility index (Phi) is 5.62. The van der Waals surface area contributed by atoms with Crippen molar-refractivity contribution < 1.29 is 0 Å². The molecule has 2 N–H and O–H groups in total. The van der Waals surface area contributed by atoms with Gasteiger partial charge in [0.05, 0.1) is 18.1 Å². The first-order valence-corrected chi connectivity index (χ1v) is 8.51. The van der Waals surface area contributed by atoms with Gasteiger partial charge in [0.25, 0.3) is 0 Å². The third-order valence-corrected chi connectivity index (χ3v) is 3.91. The molecule has 26 heavy (non-hydrogen) atoms. The lowest BCUT2D eigenvalue weighted by molar-refractivity contribution is 0.581. The molecule has 2 aromatic heterocycles. The molecular weight excluding hydrogens is 328 g/mol. The highest BCUT2D eigenvalue weighted by Crippen LogP contribution is 2.17. The van der Waals surface area contributed by atoms with Gasteiger partial charge in [-0.1, -0.05) is 30.3 Å². The highest BCUT2D eigenvalue weighted by Gasteiger charge is 2.07. The van der Waals surface area contributed by atoms with E-state index in [0.717, 1.165) is 29.4 Å². The average molecular weight is 352 g/mol. The van der Waals surface area contributed by atoms with E-state index >= 15 is 0 Å². The van der Waals surface area contributed by atoms with Gasteiger partial charge < -0.3 is 15.5 Å². The largest absolute Gasteiger partial charge is 0.368 e. The Labute approximate surface area is 153 Å². The van der Waals surface area contributed by atoms with Gasteiger partial charge in [-0.15, -0.1) is 0 Å². The maximum atomic E-state index is 4.66. The van der Waals surface area contributed by atoms with E-state index < -0.39 is 0 Å². The number of aromatic nitrogens is 4. The van der Waals surface area contributed by atoms with Crippen LogP contribution in [-0.4, -0.2) is 57.8 Å². The molecule has 3 rings (SSSR count). The molecular formula is C18H24N8. The first-order valence-electron chi connectivity index (χ1n) is 8.51. The molecule has 0 saturated heterocycles. The van der Waals surface area contributed by atoms with Crippen LogP contribution < -0.4 is 10.6 Å². The Morgan fingerprint density at radius 3 is 2.73 bits per heavy atom. The monoisotopic (exact) mass is 352 g/mol. The molecule has 0 fully saturated rings. The number of fused-ring (bicyclic) bond motifs is 1. The predicted octanol–water partition coefficient (Wildman–Crippen LogP) is 1.48. The summed E-state index contributed by atoms with van der Waals surface area (Å²) in [4.78, 5) is 15.2. The van der Waals surface area contributed by atoms with Crippen LogP contribution in [0.25, 0.3) is 11.0 Å². The van der Waals surface area contributed by atoms with Gasteiger partial charge in [-0.25, -0.2) is 15.0 Å². The second kappa shape index (κ2) is 8.28. The molecule has 0 saturated carbocycles. The molecule has 0 amide bonds. The highest BCUT2D eigenvalue weighted by atomic mass is 15.3. The molecule has 0 bridgehead atoms. The van der Waals surface area contributed by atoms with Crippen LogP contribution in [0.2, 0.25) is 0 Å². The van der Waals surface area contributed by atoms with Crippen LogP contribution in [-0.2, 0) is 13.6 Å². The molecule has 2 heterocycles. The third-order valence-electron chi connectivity index (χ3n) is 3.91. The van der Waals surface area contributed by atoms with Crippen molar-refractivity contribution in [3.05, 3.63) is 48.4 Å². The van der Waals surface area contributed by atoms with E-state index in [4.69, 9.17) is 0 Å². The Morgan fingerprint density at radius 1 is 1.15 bits per heavy atom. The maximum absolute atomic E-state index is 4.66. The van der Waals surface area contributed by atoms with Gasteiger partial charge in [-0.05, 0) is 5.56 Å². The minimum absolute atomic E-state index is 0.650. The normalized spacial score (nSPS) is 11.6. The summed E-state index contributed by atoms with van der Waals surface area (Å²) in [5, 5.41) is 11.8.